The number of rotatable bonds is 5. The van der Waals surface area contributed by atoms with Crippen LogP contribution in [0, 0.1) is 0 Å². The average molecular weight is 345 g/mol. The Hall–Kier alpha value is -1.13. The summed E-state index contributed by atoms with van der Waals surface area (Å²) in [6.45, 7) is 4.54. The van der Waals surface area contributed by atoms with Gasteiger partial charge >= 0.3 is 0 Å². The zero-order chi connectivity index (χ0) is 13.8. The van der Waals surface area contributed by atoms with Crippen molar-refractivity contribution < 1.29 is 9.15 Å². The Morgan fingerprint density at radius 3 is 2.68 bits per heavy atom. The summed E-state index contributed by atoms with van der Waals surface area (Å²) in [5.74, 6) is 1.55. The van der Waals surface area contributed by atoms with E-state index in [-0.39, 0.29) is 6.10 Å². The van der Waals surface area contributed by atoms with Gasteiger partial charge in [0.15, 0.2) is 4.67 Å². The Labute approximate surface area is 126 Å². The molecule has 102 valence electrons. The molecule has 2 aromatic rings. The first kappa shape index (κ1) is 14.3. The summed E-state index contributed by atoms with van der Waals surface area (Å²) in [5.41, 5.74) is 0.925. The minimum atomic E-state index is 0.108. The van der Waals surface area contributed by atoms with Gasteiger partial charge in [-0.05, 0) is 60.1 Å². The van der Waals surface area contributed by atoms with E-state index in [1.54, 1.807) is 0 Å². The van der Waals surface area contributed by atoms with Crippen molar-refractivity contribution in [2.24, 2.45) is 0 Å². The Balaban J connectivity index is 1.99. The maximum atomic E-state index is 6.16. The number of furan rings is 1. The van der Waals surface area contributed by atoms with Gasteiger partial charge in [0, 0.05) is 5.69 Å². The maximum Gasteiger partial charge on any atom is 0.169 e. The fourth-order valence-electron chi connectivity index (χ4n) is 1.60. The molecule has 19 heavy (non-hydrogen) atoms. The second-order valence-electron chi connectivity index (χ2n) is 4.37. The topological polar surface area (TPSA) is 34.4 Å². The van der Waals surface area contributed by atoms with Gasteiger partial charge in [-0.25, -0.2) is 0 Å². The van der Waals surface area contributed by atoms with E-state index in [2.05, 4.69) is 21.2 Å². The van der Waals surface area contributed by atoms with Crippen LogP contribution in [0.3, 0.4) is 0 Å². The van der Waals surface area contributed by atoms with E-state index in [0.29, 0.717) is 17.3 Å². The smallest absolute Gasteiger partial charge is 0.169 e. The van der Waals surface area contributed by atoms with Crippen molar-refractivity contribution >= 4 is 33.2 Å². The molecule has 0 fully saturated rings. The summed E-state index contributed by atoms with van der Waals surface area (Å²) >= 11 is 9.43. The van der Waals surface area contributed by atoms with Gasteiger partial charge in [-0.15, -0.1) is 0 Å². The van der Waals surface area contributed by atoms with Gasteiger partial charge in [-0.2, -0.15) is 0 Å². The molecule has 0 aliphatic heterocycles. The Morgan fingerprint density at radius 1 is 1.32 bits per heavy atom. The van der Waals surface area contributed by atoms with E-state index >= 15 is 0 Å². The molecule has 1 aromatic carbocycles. The number of anilines is 1. The van der Waals surface area contributed by atoms with Crippen LogP contribution >= 0.6 is 27.5 Å². The molecule has 0 amide bonds. The number of benzene rings is 1. The van der Waals surface area contributed by atoms with Gasteiger partial charge in [0.1, 0.15) is 11.5 Å². The average Bonchev–Trinajstić information content (AvgIpc) is 2.75. The standard InChI is InChI=1S/C14H15BrClNO2/c1-9(2)18-13-5-3-10(7-12(13)16)17-8-11-4-6-14(15)19-11/h3-7,9,17H,8H2,1-2H3. The van der Waals surface area contributed by atoms with E-state index in [9.17, 15) is 0 Å². The fourth-order valence-corrected chi connectivity index (χ4v) is 2.16. The van der Waals surface area contributed by atoms with E-state index in [4.69, 9.17) is 20.8 Å². The van der Waals surface area contributed by atoms with Crippen LogP contribution < -0.4 is 10.1 Å². The van der Waals surface area contributed by atoms with Crippen molar-refractivity contribution in [3.05, 3.63) is 45.8 Å². The lowest BCUT2D eigenvalue weighted by atomic mass is 10.3. The highest BCUT2D eigenvalue weighted by molar-refractivity contribution is 9.10. The van der Waals surface area contributed by atoms with E-state index < -0.39 is 0 Å². The molecule has 0 atom stereocenters. The van der Waals surface area contributed by atoms with Crippen LogP contribution in [0.25, 0.3) is 0 Å². The minimum Gasteiger partial charge on any atom is -0.489 e. The number of hydrogen-bond acceptors (Lipinski definition) is 3. The lowest BCUT2D eigenvalue weighted by Crippen LogP contribution is -2.06. The van der Waals surface area contributed by atoms with E-state index in [1.165, 1.54) is 0 Å². The van der Waals surface area contributed by atoms with Crippen LogP contribution in [0.15, 0.2) is 39.4 Å². The molecule has 0 radical (unpaired) electrons. The maximum absolute atomic E-state index is 6.16. The molecule has 0 aliphatic carbocycles. The van der Waals surface area contributed by atoms with Crippen molar-refractivity contribution in [1.82, 2.24) is 0 Å². The van der Waals surface area contributed by atoms with Gasteiger partial charge in [-0.1, -0.05) is 11.6 Å². The number of hydrogen-bond donors (Lipinski definition) is 1. The molecule has 3 nitrogen and oxygen atoms in total. The summed E-state index contributed by atoms with van der Waals surface area (Å²) in [4.78, 5) is 0. The molecule has 0 spiro atoms. The third-order valence-electron chi connectivity index (χ3n) is 2.39. The summed E-state index contributed by atoms with van der Waals surface area (Å²) in [7, 11) is 0. The van der Waals surface area contributed by atoms with E-state index in [1.807, 2.05) is 44.2 Å². The third-order valence-corrected chi connectivity index (χ3v) is 3.11. The number of halogens is 2. The SMILES string of the molecule is CC(C)Oc1ccc(NCc2ccc(Br)o2)cc1Cl. The number of ether oxygens (including phenoxy) is 1. The second-order valence-corrected chi connectivity index (χ2v) is 5.56. The normalized spacial score (nSPS) is 10.8. The fraction of sp³-hybridized carbons (Fsp3) is 0.286. The Morgan fingerprint density at radius 2 is 2.11 bits per heavy atom. The quantitative estimate of drug-likeness (QED) is 0.820. The molecule has 5 heteroatoms. The van der Waals surface area contributed by atoms with Crippen LogP contribution in [0.4, 0.5) is 5.69 Å². The van der Waals surface area contributed by atoms with Gasteiger partial charge in [0.25, 0.3) is 0 Å². The Kier molecular flexibility index (Phi) is 4.77. The zero-order valence-corrected chi connectivity index (χ0v) is 13.1. The third kappa shape index (κ3) is 4.18. The molecule has 1 N–H and O–H groups in total. The Bertz CT molecular complexity index is 554. The number of nitrogens with one attached hydrogen (secondary N) is 1. The van der Waals surface area contributed by atoms with Crippen LogP contribution in [0.1, 0.15) is 19.6 Å². The summed E-state index contributed by atoms with van der Waals surface area (Å²) in [5, 5.41) is 3.84. The van der Waals surface area contributed by atoms with E-state index in [0.717, 1.165) is 16.1 Å². The summed E-state index contributed by atoms with van der Waals surface area (Å²) in [6, 6.07) is 9.42. The minimum absolute atomic E-state index is 0.108. The van der Waals surface area contributed by atoms with Gasteiger partial charge in [0.05, 0.1) is 17.7 Å². The van der Waals surface area contributed by atoms with Crippen molar-refractivity contribution in [3.63, 3.8) is 0 Å². The lowest BCUT2D eigenvalue weighted by Gasteiger charge is -2.12. The van der Waals surface area contributed by atoms with Crippen LogP contribution in [0.5, 0.6) is 5.75 Å². The van der Waals surface area contributed by atoms with Crippen LogP contribution in [-0.2, 0) is 6.54 Å². The molecule has 0 aliphatic rings. The summed E-state index contributed by atoms with van der Waals surface area (Å²) < 4.78 is 11.7. The predicted molar refractivity (Wildman–Crippen MR) is 81.0 cm³/mol. The molecule has 1 aromatic heterocycles. The van der Waals surface area contributed by atoms with Crippen molar-refractivity contribution in [3.8, 4) is 5.75 Å². The van der Waals surface area contributed by atoms with Crippen molar-refractivity contribution in [2.45, 2.75) is 26.5 Å². The first-order chi connectivity index (χ1) is 9.04. The molecule has 2 rings (SSSR count). The first-order valence-corrected chi connectivity index (χ1v) is 7.16. The molecule has 1 heterocycles. The molecule has 0 saturated heterocycles. The van der Waals surface area contributed by atoms with Crippen LogP contribution in [0.2, 0.25) is 5.02 Å². The highest BCUT2D eigenvalue weighted by Crippen LogP contribution is 2.28. The largest absolute Gasteiger partial charge is 0.489 e. The van der Waals surface area contributed by atoms with Gasteiger partial charge in [-0.3, -0.25) is 0 Å². The second kappa shape index (κ2) is 6.35. The zero-order valence-electron chi connectivity index (χ0n) is 10.7. The first-order valence-electron chi connectivity index (χ1n) is 5.99. The lowest BCUT2D eigenvalue weighted by molar-refractivity contribution is 0.242. The highest BCUT2D eigenvalue weighted by atomic mass is 79.9. The van der Waals surface area contributed by atoms with Crippen LogP contribution in [-0.4, -0.2) is 6.10 Å². The van der Waals surface area contributed by atoms with Crippen molar-refractivity contribution in [2.75, 3.05) is 5.32 Å². The van der Waals surface area contributed by atoms with Gasteiger partial charge in [0.2, 0.25) is 0 Å². The molecule has 0 unspecified atom stereocenters. The highest BCUT2D eigenvalue weighted by Gasteiger charge is 2.05. The van der Waals surface area contributed by atoms with Crippen molar-refractivity contribution in [1.29, 1.82) is 0 Å². The predicted octanol–water partition coefficient (Wildman–Crippen LogP) is 5.09. The monoisotopic (exact) mass is 343 g/mol. The molecule has 0 saturated carbocycles. The molecular weight excluding hydrogens is 330 g/mol. The van der Waals surface area contributed by atoms with Gasteiger partial charge < -0.3 is 14.5 Å². The summed E-state index contributed by atoms with van der Waals surface area (Å²) in [6.07, 6.45) is 0.108. The molecule has 0 bridgehead atoms. The molecular formula is C14H15BrClNO2.